The van der Waals surface area contributed by atoms with Gasteiger partial charge in [-0.2, -0.15) is 0 Å². The monoisotopic (exact) mass is 299 g/mol. The number of carbonyl (C=O) groups is 1. The van der Waals surface area contributed by atoms with Gasteiger partial charge in [-0.25, -0.2) is 14.3 Å². The highest BCUT2D eigenvalue weighted by atomic mass is 16.4. The fourth-order valence-electron chi connectivity index (χ4n) is 2.41. The minimum absolute atomic E-state index is 0.00837. The minimum Gasteiger partial charge on any atom is -0.476 e. The van der Waals surface area contributed by atoms with E-state index < -0.39 is 11.6 Å². The molecule has 0 aliphatic rings. The van der Waals surface area contributed by atoms with E-state index in [0.717, 1.165) is 10.9 Å². The predicted molar refractivity (Wildman–Crippen MR) is 78.0 cm³/mol. The van der Waals surface area contributed by atoms with E-state index in [1.165, 1.54) is 10.7 Å². The summed E-state index contributed by atoms with van der Waals surface area (Å²) in [7, 11) is 0. The van der Waals surface area contributed by atoms with Gasteiger partial charge in [0.25, 0.3) is 0 Å². The Morgan fingerprint density at radius 2 is 2.09 bits per heavy atom. The number of aromatic carboxylic acids is 1. The lowest BCUT2D eigenvalue weighted by Crippen LogP contribution is -2.13. The van der Waals surface area contributed by atoms with Crippen molar-refractivity contribution in [1.82, 2.24) is 15.0 Å². The first-order valence-electron chi connectivity index (χ1n) is 6.62. The zero-order chi connectivity index (χ0) is 15.9. The van der Waals surface area contributed by atoms with Crippen molar-refractivity contribution in [1.29, 1.82) is 0 Å². The Morgan fingerprint density at radius 3 is 2.82 bits per heavy atom. The Hall–Kier alpha value is -2.96. The number of carboxylic acids is 1. The maximum atomic E-state index is 11.7. The van der Waals surface area contributed by atoms with Crippen LogP contribution in [-0.4, -0.2) is 26.1 Å². The van der Waals surface area contributed by atoms with Gasteiger partial charge in [-0.3, -0.25) is 0 Å². The zero-order valence-electron chi connectivity index (χ0n) is 12.0. The summed E-state index contributed by atoms with van der Waals surface area (Å²) in [5.41, 5.74) is 1.96. The molecule has 7 heteroatoms. The summed E-state index contributed by atoms with van der Waals surface area (Å²) < 4.78 is 6.43. The summed E-state index contributed by atoms with van der Waals surface area (Å²) in [6, 6.07) is 6.81. The van der Waals surface area contributed by atoms with Crippen LogP contribution < -0.4 is 5.63 Å². The van der Waals surface area contributed by atoms with E-state index >= 15 is 0 Å². The summed E-state index contributed by atoms with van der Waals surface area (Å²) in [5.74, 6) is -1.11. The first kappa shape index (κ1) is 14.0. The molecule has 0 radical (unpaired) electrons. The van der Waals surface area contributed by atoms with Gasteiger partial charge >= 0.3 is 11.6 Å². The molecule has 0 saturated heterocycles. The Bertz CT molecular complexity index is 940. The normalized spacial score (nSPS) is 11.0. The van der Waals surface area contributed by atoms with E-state index in [1.54, 1.807) is 13.0 Å². The lowest BCUT2D eigenvalue weighted by Gasteiger charge is -2.07. The first-order chi connectivity index (χ1) is 10.5. The second kappa shape index (κ2) is 5.10. The molecule has 7 nitrogen and oxygen atoms in total. The maximum Gasteiger partial charge on any atom is 0.356 e. The summed E-state index contributed by atoms with van der Waals surface area (Å²) >= 11 is 0. The standard InChI is InChI=1S/C15H13N3O4/c1-8-3-4-12-11(5-8)10(6-13(19)22-12)7-18-14(15(20)21)9(2)16-17-18/h3-6H,7H2,1-2H3,(H,20,21). The predicted octanol–water partition coefficient (Wildman–Crippen LogP) is 1.75. The van der Waals surface area contributed by atoms with E-state index in [1.807, 2.05) is 19.1 Å². The average Bonchev–Trinajstić information content (AvgIpc) is 2.80. The number of fused-ring (bicyclic) bond motifs is 1. The molecular formula is C15H13N3O4. The molecule has 0 amide bonds. The zero-order valence-corrected chi connectivity index (χ0v) is 12.0. The van der Waals surface area contributed by atoms with E-state index in [2.05, 4.69) is 10.3 Å². The second-order valence-corrected chi connectivity index (χ2v) is 5.08. The van der Waals surface area contributed by atoms with Crippen LogP contribution in [0.5, 0.6) is 0 Å². The fraction of sp³-hybridized carbons (Fsp3) is 0.200. The largest absolute Gasteiger partial charge is 0.476 e. The van der Waals surface area contributed by atoms with E-state index in [0.29, 0.717) is 16.8 Å². The highest BCUT2D eigenvalue weighted by Crippen LogP contribution is 2.20. The summed E-state index contributed by atoms with van der Waals surface area (Å²) in [4.78, 5) is 23.0. The van der Waals surface area contributed by atoms with Crippen molar-refractivity contribution in [3.8, 4) is 0 Å². The highest BCUT2D eigenvalue weighted by molar-refractivity contribution is 5.87. The quantitative estimate of drug-likeness (QED) is 0.740. The van der Waals surface area contributed by atoms with Gasteiger partial charge in [0.1, 0.15) is 5.58 Å². The van der Waals surface area contributed by atoms with Crippen LogP contribution in [0.1, 0.15) is 27.3 Å². The SMILES string of the molecule is Cc1ccc2oc(=O)cc(Cn3nnc(C)c3C(=O)O)c2c1. The van der Waals surface area contributed by atoms with Crippen LogP contribution in [0.2, 0.25) is 0 Å². The Balaban J connectivity index is 2.17. The Kier molecular flexibility index (Phi) is 3.25. The van der Waals surface area contributed by atoms with Gasteiger partial charge in [0.05, 0.1) is 12.2 Å². The molecule has 1 aromatic carbocycles. The van der Waals surface area contributed by atoms with Crippen LogP contribution in [0.4, 0.5) is 0 Å². The van der Waals surface area contributed by atoms with Crippen molar-refractivity contribution in [2.45, 2.75) is 20.4 Å². The van der Waals surface area contributed by atoms with E-state index in [-0.39, 0.29) is 12.2 Å². The summed E-state index contributed by atoms with van der Waals surface area (Å²) in [6.07, 6.45) is 0. The highest BCUT2D eigenvalue weighted by Gasteiger charge is 2.18. The number of aryl methyl sites for hydroxylation is 2. The molecule has 3 aromatic rings. The fourth-order valence-corrected chi connectivity index (χ4v) is 2.41. The van der Waals surface area contributed by atoms with E-state index in [4.69, 9.17) is 4.42 Å². The number of rotatable bonds is 3. The molecule has 0 aliphatic carbocycles. The molecule has 3 rings (SSSR count). The van der Waals surface area contributed by atoms with Crippen LogP contribution in [-0.2, 0) is 6.54 Å². The number of benzene rings is 1. The third-order valence-corrected chi connectivity index (χ3v) is 3.41. The van der Waals surface area contributed by atoms with Gasteiger partial charge in [0.2, 0.25) is 0 Å². The molecule has 0 unspecified atom stereocenters. The average molecular weight is 299 g/mol. The van der Waals surface area contributed by atoms with Gasteiger partial charge < -0.3 is 9.52 Å². The van der Waals surface area contributed by atoms with Gasteiger partial charge in [-0.15, -0.1) is 5.10 Å². The number of carboxylic acid groups (broad SMARTS) is 1. The molecule has 0 bridgehead atoms. The van der Waals surface area contributed by atoms with Crippen LogP contribution in [0.3, 0.4) is 0 Å². The first-order valence-corrected chi connectivity index (χ1v) is 6.62. The van der Waals surface area contributed by atoms with Crippen molar-refractivity contribution < 1.29 is 14.3 Å². The molecule has 2 aromatic heterocycles. The van der Waals surface area contributed by atoms with E-state index in [9.17, 15) is 14.7 Å². The maximum absolute atomic E-state index is 11.7. The van der Waals surface area contributed by atoms with Gasteiger partial charge in [-0.05, 0) is 31.5 Å². The molecule has 1 N–H and O–H groups in total. The van der Waals surface area contributed by atoms with Gasteiger partial charge in [-0.1, -0.05) is 16.8 Å². The van der Waals surface area contributed by atoms with Crippen LogP contribution >= 0.6 is 0 Å². The third kappa shape index (κ3) is 2.37. The molecule has 0 saturated carbocycles. The van der Waals surface area contributed by atoms with Crippen molar-refractivity contribution >= 4 is 16.9 Å². The number of aromatic nitrogens is 3. The van der Waals surface area contributed by atoms with Crippen LogP contribution in [0.25, 0.3) is 11.0 Å². The molecular weight excluding hydrogens is 286 g/mol. The molecule has 0 atom stereocenters. The molecule has 0 aliphatic heterocycles. The molecule has 0 spiro atoms. The van der Waals surface area contributed by atoms with Crippen LogP contribution in [0, 0.1) is 13.8 Å². The van der Waals surface area contributed by atoms with Crippen LogP contribution in [0.15, 0.2) is 33.5 Å². The number of hydrogen-bond donors (Lipinski definition) is 1. The summed E-state index contributed by atoms with van der Waals surface area (Å²) in [5, 5.41) is 17.6. The summed E-state index contributed by atoms with van der Waals surface area (Å²) in [6.45, 7) is 3.64. The topological polar surface area (TPSA) is 98.2 Å². The lowest BCUT2D eigenvalue weighted by molar-refractivity contribution is 0.0683. The Morgan fingerprint density at radius 1 is 1.32 bits per heavy atom. The lowest BCUT2D eigenvalue weighted by atomic mass is 10.1. The van der Waals surface area contributed by atoms with Crippen molar-refractivity contribution in [2.24, 2.45) is 0 Å². The van der Waals surface area contributed by atoms with Gasteiger partial charge in [0.15, 0.2) is 5.69 Å². The van der Waals surface area contributed by atoms with Crippen molar-refractivity contribution in [2.75, 3.05) is 0 Å². The Labute approximate surface area is 124 Å². The smallest absolute Gasteiger partial charge is 0.356 e. The minimum atomic E-state index is -1.11. The molecule has 2 heterocycles. The van der Waals surface area contributed by atoms with Gasteiger partial charge in [0, 0.05) is 11.5 Å². The molecule has 22 heavy (non-hydrogen) atoms. The van der Waals surface area contributed by atoms with Crippen molar-refractivity contribution in [3.63, 3.8) is 0 Å². The second-order valence-electron chi connectivity index (χ2n) is 5.08. The molecule has 0 fully saturated rings. The number of hydrogen-bond acceptors (Lipinski definition) is 5. The van der Waals surface area contributed by atoms with Crippen molar-refractivity contribution in [3.05, 3.63) is 57.2 Å². The molecule has 112 valence electrons. The number of nitrogens with zero attached hydrogens (tertiary/aromatic N) is 3. The third-order valence-electron chi connectivity index (χ3n) is 3.41.